The van der Waals surface area contributed by atoms with E-state index in [2.05, 4.69) is 5.32 Å². The Morgan fingerprint density at radius 1 is 1.12 bits per heavy atom. The Balaban J connectivity index is 1.64. The molecule has 1 N–H and O–H groups in total. The predicted molar refractivity (Wildman–Crippen MR) is 121 cm³/mol. The summed E-state index contributed by atoms with van der Waals surface area (Å²) in [5, 5.41) is 13.8. The maximum Gasteiger partial charge on any atom is 0.338 e. The first kappa shape index (κ1) is 24.6. The highest BCUT2D eigenvalue weighted by molar-refractivity contribution is 5.97. The summed E-state index contributed by atoms with van der Waals surface area (Å²) < 4.78 is 26.9. The van der Waals surface area contributed by atoms with E-state index in [4.69, 9.17) is 23.7 Å². The molecule has 0 aliphatic carbocycles. The average Bonchev–Trinajstić information content (AvgIpc) is 3.07. The summed E-state index contributed by atoms with van der Waals surface area (Å²) in [4.78, 5) is 35.6. The summed E-state index contributed by atoms with van der Waals surface area (Å²) in [5.74, 6) is -0.155. The zero-order valence-corrected chi connectivity index (χ0v) is 19.0. The third kappa shape index (κ3) is 6.27. The van der Waals surface area contributed by atoms with Crippen LogP contribution in [0, 0.1) is 10.1 Å². The molecular formula is C23H26N2O9. The largest absolute Gasteiger partial charge is 0.493 e. The van der Waals surface area contributed by atoms with Crippen LogP contribution in [0.3, 0.4) is 0 Å². The molecule has 11 nitrogen and oxygen atoms in total. The molecule has 0 unspecified atom stereocenters. The molecule has 1 amide bonds. The fourth-order valence-electron chi connectivity index (χ4n) is 3.09. The Morgan fingerprint density at radius 2 is 1.85 bits per heavy atom. The SMILES string of the molecule is CCCCOc1ccc(C(=O)OCC(=O)Nc2cc3c(cc2[N+](=O)[O-])OCCCO3)cc1OC. The molecule has 1 heterocycles. The number of amides is 1. The van der Waals surface area contributed by atoms with Gasteiger partial charge in [0.2, 0.25) is 0 Å². The van der Waals surface area contributed by atoms with E-state index in [1.54, 1.807) is 6.07 Å². The van der Waals surface area contributed by atoms with Crippen molar-refractivity contribution in [1.29, 1.82) is 0 Å². The first-order valence-electron chi connectivity index (χ1n) is 10.8. The van der Waals surface area contributed by atoms with Crippen LogP contribution in [-0.4, -0.2) is 50.3 Å². The number of fused-ring (bicyclic) bond motifs is 1. The van der Waals surface area contributed by atoms with E-state index in [-0.39, 0.29) is 28.4 Å². The number of nitrogens with zero attached hydrogens (tertiary/aromatic N) is 1. The molecule has 11 heteroatoms. The monoisotopic (exact) mass is 474 g/mol. The lowest BCUT2D eigenvalue weighted by molar-refractivity contribution is -0.384. The number of nitro benzene ring substituents is 1. The van der Waals surface area contributed by atoms with Crippen molar-refractivity contribution in [3.8, 4) is 23.0 Å². The van der Waals surface area contributed by atoms with Gasteiger partial charge in [0.25, 0.3) is 11.6 Å². The Labute approximate surface area is 196 Å². The fourth-order valence-corrected chi connectivity index (χ4v) is 3.09. The maximum absolute atomic E-state index is 12.4. The topological polar surface area (TPSA) is 135 Å². The van der Waals surface area contributed by atoms with Crippen LogP contribution in [0.25, 0.3) is 0 Å². The number of ether oxygens (including phenoxy) is 5. The van der Waals surface area contributed by atoms with Gasteiger partial charge >= 0.3 is 5.97 Å². The van der Waals surface area contributed by atoms with Crippen molar-refractivity contribution in [2.75, 3.05) is 38.9 Å². The van der Waals surface area contributed by atoms with Gasteiger partial charge in [0.1, 0.15) is 5.69 Å². The van der Waals surface area contributed by atoms with Crippen LogP contribution >= 0.6 is 0 Å². The summed E-state index contributed by atoms with van der Waals surface area (Å²) in [7, 11) is 1.45. The maximum atomic E-state index is 12.4. The van der Waals surface area contributed by atoms with Crippen molar-refractivity contribution in [3.63, 3.8) is 0 Å². The van der Waals surface area contributed by atoms with E-state index in [1.165, 1.54) is 31.4 Å². The van der Waals surface area contributed by atoms with Crippen molar-refractivity contribution >= 4 is 23.3 Å². The Kier molecular flexibility index (Phi) is 8.49. The highest BCUT2D eigenvalue weighted by Crippen LogP contribution is 2.39. The average molecular weight is 474 g/mol. The number of anilines is 1. The second-order valence-corrected chi connectivity index (χ2v) is 7.32. The summed E-state index contributed by atoms with van der Waals surface area (Å²) in [6.07, 6.45) is 2.48. The third-order valence-electron chi connectivity index (χ3n) is 4.83. The number of benzene rings is 2. The second-order valence-electron chi connectivity index (χ2n) is 7.32. The number of unbranched alkanes of at least 4 members (excludes halogenated alkanes) is 1. The minimum absolute atomic E-state index is 0.0921. The molecule has 2 aromatic rings. The number of methoxy groups -OCH3 is 1. The number of esters is 1. The molecule has 0 saturated carbocycles. The number of hydrogen-bond donors (Lipinski definition) is 1. The lowest BCUT2D eigenvalue weighted by Gasteiger charge is -2.12. The molecule has 0 radical (unpaired) electrons. The van der Waals surface area contributed by atoms with Gasteiger partial charge in [-0.3, -0.25) is 14.9 Å². The molecule has 2 aromatic carbocycles. The lowest BCUT2D eigenvalue weighted by Crippen LogP contribution is -2.21. The Hall–Kier alpha value is -4.02. The van der Waals surface area contributed by atoms with Gasteiger partial charge in [0, 0.05) is 12.5 Å². The number of rotatable bonds is 10. The van der Waals surface area contributed by atoms with Crippen molar-refractivity contribution in [3.05, 3.63) is 46.0 Å². The van der Waals surface area contributed by atoms with Gasteiger partial charge < -0.3 is 29.0 Å². The molecule has 0 aromatic heterocycles. The summed E-state index contributed by atoms with van der Waals surface area (Å²) in [6.45, 7) is 2.65. The van der Waals surface area contributed by atoms with E-state index < -0.39 is 23.4 Å². The fraction of sp³-hybridized carbons (Fsp3) is 0.391. The van der Waals surface area contributed by atoms with Gasteiger partial charge in [0.05, 0.1) is 43.5 Å². The standard InChI is InChI=1S/C23H26N2O9/c1-3-4-8-31-18-7-6-15(11-19(18)30-2)23(27)34-14-22(26)24-16-12-20-21(13-17(16)25(28)29)33-10-5-9-32-20/h6-7,11-13H,3-5,8-10,14H2,1-2H3,(H,24,26). The zero-order valence-electron chi connectivity index (χ0n) is 19.0. The number of nitro groups is 1. The van der Waals surface area contributed by atoms with E-state index in [0.717, 1.165) is 12.8 Å². The molecule has 0 atom stereocenters. The van der Waals surface area contributed by atoms with Crippen molar-refractivity contribution < 1.29 is 38.2 Å². The smallest absolute Gasteiger partial charge is 0.338 e. The van der Waals surface area contributed by atoms with E-state index in [9.17, 15) is 19.7 Å². The summed E-state index contributed by atoms with van der Waals surface area (Å²) in [6, 6.07) is 7.06. The number of hydrogen-bond acceptors (Lipinski definition) is 9. The number of carbonyl (C=O) groups is 2. The zero-order chi connectivity index (χ0) is 24.5. The van der Waals surface area contributed by atoms with Gasteiger partial charge in [-0.15, -0.1) is 0 Å². The van der Waals surface area contributed by atoms with Crippen LogP contribution in [0.4, 0.5) is 11.4 Å². The minimum atomic E-state index is -0.762. The van der Waals surface area contributed by atoms with Gasteiger partial charge in [-0.05, 0) is 24.6 Å². The van der Waals surface area contributed by atoms with Crippen LogP contribution in [0.1, 0.15) is 36.5 Å². The molecule has 1 aliphatic rings. The molecule has 1 aliphatic heterocycles. The van der Waals surface area contributed by atoms with Gasteiger partial charge in [0.15, 0.2) is 29.6 Å². The minimum Gasteiger partial charge on any atom is -0.493 e. The number of carbonyl (C=O) groups excluding carboxylic acids is 2. The molecule has 0 fully saturated rings. The van der Waals surface area contributed by atoms with Crippen molar-refractivity contribution in [1.82, 2.24) is 0 Å². The Morgan fingerprint density at radius 3 is 2.53 bits per heavy atom. The van der Waals surface area contributed by atoms with Crippen LogP contribution in [0.5, 0.6) is 23.0 Å². The van der Waals surface area contributed by atoms with Crippen LogP contribution in [0.2, 0.25) is 0 Å². The quantitative estimate of drug-likeness (QED) is 0.236. The van der Waals surface area contributed by atoms with Crippen LogP contribution < -0.4 is 24.3 Å². The third-order valence-corrected chi connectivity index (χ3v) is 4.83. The van der Waals surface area contributed by atoms with Crippen molar-refractivity contribution in [2.45, 2.75) is 26.2 Å². The first-order valence-corrected chi connectivity index (χ1v) is 10.8. The predicted octanol–water partition coefficient (Wildman–Crippen LogP) is 3.74. The van der Waals surface area contributed by atoms with E-state index in [1.807, 2.05) is 6.92 Å². The first-order chi connectivity index (χ1) is 16.4. The lowest BCUT2D eigenvalue weighted by atomic mass is 10.2. The van der Waals surface area contributed by atoms with Crippen LogP contribution in [0.15, 0.2) is 30.3 Å². The highest BCUT2D eigenvalue weighted by Gasteiger charge is 2.23. The summed E-state index contributed by atoms with van der Waals surface area (Å²) in [5.41, 5.74) is -0.299. The normalized spacial score (nSPS) is 12.3. The van der Waals surface area contributed by atoms with Crippen LogP contribution in [-0.2, 0) is 9.53 Å². The second kappa shape index (κ2) is 11.7. The molecular weight excluding hydrogens is 448 g/mol. The van der Waals surface area contributed by atoms with E-state index in [0.29, 0.717) is 37.7 Å². The van der Waals surface area contributed by atoms with Gasteiger partial charge in [-0.25, -0.2) is 4.79 Å². The van der Waals surface area contributed by atoms with Gasteiger partial charge in [-0.1, -0.05) is 13.3 Å². The summed E-state index contributed by atoms with van der Waals surface area (Å²) >= 11 is 0. The molecule has 0 spiro atoms. The molecule has 182 valence electrons. The van der Waals surface area contributed by atoms with Gasteiger partial charge in [-0.2, -0.15) is 0 Å². The van der Waals surface area contributed by atoms with Crippen molar-refractivity contribution in [2.24, 2.45) is 0 Å². The molecule has 3 rings (SSSR count). The molecule has 0 saturated heterocycles. The highest BCUT2D eigenvalue weighted by atomic mass is 16.6. The number of nitrogens with one attached hydrogen (secondary N) is 1. The molecule has 0 bridgehead atoms. The van der Waals surface area contributed by atoms with E-state index >= 15 is 0 Å². The Bertz CT molecular complexity index is 1050. The molecule has 34 heavy (non-hydrogen) atoms.